The molecule has 5 atom stereocenters. The van der Waals surface area contributed by atoms with Crippen LogP contribution in [0.15, 0.2) is 0 Å². The molecular weight excluding hydrogens is 383 g/mol. The predicted molar refractivity (Wildman–Crippen MR) is 78.9 cm³/mol. The molecule has 0 aliphatic carbocycles. The standard InChI is InChI=1S/C6H10O6.2C4H9.Sn/c7-1-2-3(8)4(9)5(10)6(11)12-2;2*1-3-4-2;/h2-8,11H,1H2;2*1,3-4H2,2H3;/q-2;;;+2/t2-,3+,4+,5+,6-;;;/m1.../s1. The maximum absolute atomic E-state index is 10.3. The van der Waals surface area contributed by atoms with Crippen molar-refractivity contribution < 1.29 is 26.2 Å². The predicted octanol–water partition coefficient (Wildman–Crippen LogP) is 0.883. The molecule has 2 heterocycles. The molecule has 124 valence electrons. The van der Waals surface area contributed by atoms with Gasteiger partial charge in [-0.25, -0.2) is 0 Å². The summed E-state index contributed by atoms with van der Waals surface area (Å²) in [5, 5.41) is 29.6. The number of aliphatic hydroxyl groups is 3. The van der Waals surface area contributed by atoms with Gasteiger partial charge in [0.15, 0.2) is 0 Å². The number of aliphatic hydroxyl groups excluding tert-OH is 3. The molecule has 6 nitrogen and oxygen atoms in total. The Balaban J connectivity index is 2.12. The molecule has 0 aromatic heterocycles. The molecule has 0 unspecified atom stereocenters. The summed E-state index contributed by atoms with van der Waals surface area (Å²) in [4.78, 5) is 0. The van der Waals surface area contributed by atoms with E-state index in [1.54, 1.807) is 0 Å². The zero-order valence-corrected chi connectivity index (χ0v) is 15.8. The Morgan fingerprint density at radius 3 is 2.05 bits per heavy atom. The van der Waals surface area contributed by atoms with Gasteiger partial charge in [0, 0.05) is 0 Å². The molecule has 0 amide bonds. The van der Waals surface area contributed by atoms with Gasteiger partial charge in [-0.3, -0.25) is 0 Å². The summed E-state index contributed by atoms with van der Waals surface area (Å²) >= 11 is -3.26. The van der Waals surface area contributed by atoms with E-state index < -0.39 is 49.9 Å². The van der Waals surface area contributed by atoms with Crippen LogP contribution in [0, 0.1) is 0 Å². The van der Waals surface area contributed by atoms with E-state index in [4.69, 9.17) is 10.9 Å². The Kier molecular flexibility index (Phi) is 6.73. The molecule has 0 bridgehead atoms. The zero-order chi connectivity index (χ0) is 15.5. The van der Waals surface area contributed by atoms with E-state index in [9.17, 15) is 15.3 Å². The van der Waals surface area contributed by atoms with Gasteiger partial charge in [0.2, 0.25) is 0 Å². The van der Waals surface area contributed by atoms with Crippen molar-refractivity contribution in [1.29, 1.82) is 0 Å². The van der Waals surface area contributed by atoms with Gasteiger partial charge in [-0.05, 0) is 0 Å². The van der Waals surface area contributed by atoms with Gasteiger partial charge < -0.3 is 0 Å². The molecule has 7 heteroatoms. The SMILES string of the molecule is CCC[CH2][Sn]1([CH2]CCC)[O][C@H]2[C@@H](O)[C@@H](CO)O[C@@H](O)[C@H]2[O]1. The molecule has 2 saturated heterocycles. The fourth-order valence-electron chi connectivity index (χ4n) is 3.09. The number of fused-ring (bicyclic) bond motifs is 1. The number of unbranched alkanes of at least 4 members (excludes halogenated alkanes) is 2. The second kappa shape index (κ2) is 7.90. The molecular formula is C14H28O6Sn. The number of rotatable bonds is 7. The molecule has 2 aliphatic rings. The van der Waals surface area contributed by atoms with Crippen molar-refractivity contribution in [3.05, 3.63) is 0 Å². The quantitative estimate of drug-likeness (QED) is 0.540. The van der Waals surface area contributed by atoms with E-state index in [-0.39, 0.29) is 6.61 Å². The van der Waals surface area contributed by atoms with Crippen LogP contribution in [0.25, 0.3) is 0 Å². The third kappa shape index (κ3) is 3.91. The summed E-state index contributed by atoms with van der Waals surface area (Å²) in [5.41, 5.74) is 0. The van der Waals surface area contributed by atoms with E-state index in [1.165, 1.54) is 0 Å². The third-order valence-corrected chi connectivity index (χ3v) is 14.7. The van der Waals surface area contributed by atoms with Crippen LogP contribution in [-0.2, 0) is 10.9 Å². The Bertz CT molecular complexity index is 321. The number of ether oxygens (including phenoxy) is 1. The first-order chi connectivity index (χ1) is 10.1. The van der Waals surface area contributed by atoms with Crippen LogP contribution in [0.3, 0.4) is 0 Å². The first-order valence-electron chi connectivity index (χ1n) is 8.05. The van der Waals surface area contributed by atoms with Gasteiger partial charge in [-0.15, -0.1) is 0 Å². The first-order valence-corrected chi connectivity index (χ1v) is 14.4. The zero-order valence-electron chi connectivity index (χ0n) is 12.9. The first kappa shape index (κ1) is 17.9. The van der Waals surface area contributed by atoms with Crippen molar-refractivity contribution in [3.8, 4) is 0 Å². The molecule has 0 radical (unpaired) electrons. The van der Waals surface area contributed by atoms with Crippen LogP contribution in [0.4, 0.5) is 0 Å². The third-order valence-electron chi connectivity index (χ3n) is 4.34. The van der Waals surface area contributed by atoms with Crippen molar-refractivity contribution in [2.24, 2.45) is 0 Å². The molecule has 21 heavy (non-hydrogen) atoms. The molecule has 3 N–H and O–H groups in total. The summed E-state index contributed by atoms with van der Waals surface area (Å²) in [6.45, 7) is 3.93. The Hall–Kier alpha value is 0.559. The van der Waals surface area contributed by atoms with Crippen molar-refractivity contribution in [2.75, 3.05) is 6.61 Å². The van der Waals surface area contributed by atoms with E-state index in [0.717, 1.165) is 34.6 Å². The monoisotopic (exact) mass is 412 g/mol. The Morgan fingerprint density at radius 1 is 0.952 bits per heavy atom. The fraction of sp³-hybridized carbons (Fsp3) is 1.00. The van der Waals surface area contributed by atoms with Gasteiger partial charge in [-0.2, -0.15) is 0 Å². The number of hydrogen-bond acceptors (Lipinski definition) is 6. The Morgan fingerprint density at radius 2 is 1.52 bits per heavy atom. The summed E-state index contributed by atoms with van der Waals surface area (Å²) in [6, 6.07) is 0. The molecule has 0 spiro atoms. The molecule has 0 saturated carbocycles. The van der Waals surface area contributed by atoms with Gasteiger partial charge in [0.25, 0.3) is 0 Å². The van der Waals surface area contributed by atoms with Crippen LogP contribution < -0.4 is 0 Å². The van der Waals surface area contributed by atoms with Gasteiger partial charge in [0.05, 0.1) is 0 Å². The van der Waals surface area contributed by atoms with Crippen molar-refractivity contribution in [2.45, 2.75) is 79.1 Å². The van der Waals surface area contributed by atoms with Crippen LogP contribution in [-0.4, -0.2) is 71.8 Å². The topological polar surface area (TPSA) is 88.4 Å². The number of hydrogen-bond donors (Lipinski definition) is 3. The average Bonchev–Trinajstić information content (AvgIpc) is 2.88. The van der Waals surface area contributed by atoms with Crippen molar-refractivity contribution in [1.82, 2.24) is 0 Å². The second-order valence-electron chi connectivity index (χ2n) is 6.02. The van der Waals surface area contributed by atoms with Crippen LogP contribution in [0.1, 0.15) is 39.5 Å². The van der Waals surface area contributed by atoms with Crippen LogP contribution in [0.2, 0.25) is 8.87 Å². The van der Waals surface area contributed by atoms with Crippen molar-refractivity contribution in [3.63, 3.8) is 0 Å². The molecule has 2 rings (SSSR count). The van der Waals surface area contributed by atoms with E-state index in [0.29, 0.717) is 0 Å². The minimum absolute atomic E-state index is 0.336. The molecule has 0 aromatic rings. The van der Waals surface area contributed by atoms with Gasteiger partial charge in [0.1, 0.15) is 0 Å². The summed E-state index contributed by atoms with van der Waals surface area (Å²) in [6.07, 6.45) is 0.224. The van der Waals surface area contributed by atoms with E-state index >= 15 is 0 Å². The van der Waals surface area contributed by atoms with E-state index in [1.807, 2.05) is 0 Å². The summed E-state index contributed by atoms with van der Waals surface area (Å²) in [7, 11) is 0. The van der Waals surface area contributed by atoms with E-state index in [2.05, 4.69) is 13.8 Å². The van der Waals surface area contributed by atoms with Crippen LogP contribution in [0.5, 0.6) is 0 Å². The maximum atomic E-state index is 10.3. The molecule has 0 aromatic carbocycles. The van der Waals surface area contributed by atoms with Crippen molar-refractivity contribution >= 4 is 19.2 Å². The molecule has 2 fully saturated rings. The second-order valence-corrected chi connectivity index (χ2v) is 15.4. The fourth-order valence-corrected chi connectivity index (χ4v) is 14.7. The van der Waals surface area contributed by atoms with Crippen LogP contribution >= 0.6 is 0 Å². The molecule has 2 aliphatic heterocycles. The summed E-state index contributed by atoms with van der Waals surface area (Å²) in [5.74, 6) is 0. The average molecular weight is 411 g/mol. The Labute approximate surface area is 131 Å². The summed E-state index contributed by atoms with van der Waals surface area (Å²) < 4.78 is 19.6. The van der Waals surface area contributed by atoms with Gasteiger partial charge in [-0.1, -0.05) is 0 Å². The normalized spacial score (nSPS) is 38.4. The van der Waals surface area contributed by atoms with Gasteiger partial charge >= 0.3 is 131 Å². The minimum atomic E-state index is -3.26.